The predicted octanol–water partition coefficient (Wildman–Crippen LogP) is 3.22. The molecule has 0 radical (unpaired) electrons. The molecule has 134 valence electrons. The van der Waals surface area contributed by atoms with Gasteiger partial charge in [-0.2, -0.15) is 5.10 Å². The molecule has 5 nitrogen and oxygen atoms in total. The Morgan fingerprint density at radius 1 is 1.15 bits per heavy atom. The third kappa shape index (κ3) is 4.47. The summed E-state index contributed by atoms with van der Waals surface area (Å²) in [7, 11) is 3.71. The van der Waals surface area contributed by atoms with Crippen LogP contribution in [0.5, 0.6) is 0 Å². The average molecular weight is 351 g/mol. The molecule has 6 heteroatoms. The van der Waals surface area contributed by atoms with Gasteiger partial charge in [-0.1, -0.05) is 24.3 Å². The zero-order valence-electron chi connectivity index (χ0n) is 14.9. The number of nitrogens with one attached hydrogen (secondary N) is 1. The molecule has 0 aliphatic heterocycles. The smallest absolute Gasteiger partial charge is 0.193 e. The fourth-order valence-corrected chi connectivity index (χ4v) is 2.73. The van der Waals surface area contributed by atoms with E-state index in [1.54, 1.807) is 25.4 Å². The first-order valence-corrected chi connectivity index (χ1v) is 8.41. The molecule has 0 aliphatic rings. The Labute approximate surface area is 152 Å². The van der Waals surface area contributed by atoms with Crippen LogP contribution in [0.2, 0.25) is 0 Å². The maximum absolute atomic E-state index is 13.0. The predicted molar refractivity (Wildman–Crippen MR) is 102 cm³/mol. The van der Waals surface area contributed by atoms with Crippen LogP contribution in [0.25, 0.3) is 5.69 Å². The van der Waals surface area contributed by atoms with E-state index >= 15 is 0 Å². The zero-order chi connectivity index (χ0) is 18.4. The van der Waals surface area contributed by atoms with Crippen LogP contribution < -0.4 is 5.32 Å². The Hall–Kier alpha value is -3.15. The molecule has 3 rings (SSSR count). The monoisotopic (exact) mass is 351 g/mol. The SMILES string of the molecule is CN=C(NCc1cccc(-n2cccn2)c1)N(C)Cc1ccc(F)cc1. The highest BCUT2D eigenvalue weighted by molar-refractivity contribution is 5.79. The Morgan fingerprint density at radius 2 is 1.96 bits per heavy atom. The number of hydrogen-bond donors (Lipinski definition) is 1. The number of nitrogens with zero attached hydrogens (tertiary/aromatic N) is 4. The van der Waals surface area contributed by atoms with Gasteiger partial charge in [0.1, 0.15) is 5.82 Å². The van der Waals surface area contributed by atoms with Crippen LogP contribution in [0.4, 0.5) is 4.39 Å². The van der Waals surface area contributed by atoms with E-state index in [0.29, 0.717) is 13.1 Å². The second-order valence-corrected chi connectivity index (χ2v) is 6.00. The minimum atomic E-state index is -0.226. The van der Waals surface area contributed by atoms with E-state index in [2.05, 4.69) is 27.5 Å². The summed E-state index contributed by atoms with van der Waals surface area (Å²) in [6.45, 7) is 1.29. The third-order valence-corrected chi connectivity index (χ3v) is 4.04. The second-order valence-electron chi connectivity index (χ2n) is 6.00. The molecule has 0 saturated heterocycles. The van der Waals surface area contributed by atoms with Gasteiger partial charge >= 0.3 is 0 Å². The molecule has 1 heterocycles. The molecule has 0 amide bonds. The van der Waals surface area contributed by atoms with Gasteiger partial charge in [0.25, 0.3) is 0 Å². The van der Waals surface area contributed by atoms with Crippen LogP contribution in [0.15, 0.2) is 72.0 Å². The number of rotatable bonds is 5. The number of aliphatic imine (C=N–C) groups is 1. The topological polar surface area (TPSA) is 45.5 Å². The molecule has 0 aliphatic carbocycles. The number of aromatic nitrogens is 2. The van der Waals surface area contributed by atoms with E-state index in [1.165, 1.54) is 12.1 Å². The molecule has 0 saturated carbocycles. The van der Waals surface area contributed by atoms with E-state index < -0.39 is 0 Å². The van der Waals surface area contributed by atoms with Crippen LogP contribution in [0, 0.1) is 5.82 Å². The molecular weight excluding hydrogens is 329 g/mol. The molecule has 1 N–H and O–H groups in total. The van der Waals surface area contributed by atoms with Gasteiger partial charge in [-0.25, -0.2) is 9.07 Å². The van der Waals surface area contributed by atoms with Gasteiger partial charge in [-0.3, -0.25) is 4.99 Å². The van der Waals surface area contributed by atoms with Gasteiger partial charge in [0.05, 0.1) is 5.69 Å². The molecule has 0 unspecified atom stereocenters. The van der Waals surface area contributed by atoms with Crippen LogP contribution in [-0.2, 0) is 13.1 Å². The summed E-state index contributed by atoms with van der Waals surface area (Å²) < 4.78 is 14.9. The summed E-state index contributed by atoms with van der Waals surface area (Å²) in [6, 6.07) is 16.6. The van der Waals surface area contributed by atoms with Crippen molar-refractivity contribution in [2.24, 2.45) is 4.99 Å². The average Bonchev–Trinajstić information content (AvgIpc) is 3.19. The molecule has 0 bridgehead atoms. The molecule has 0 fully saturated rings. The minimum absolute atomic E-state index is 0.226. The van der Waals surface area contributed by atoms with E-state index in [-0.39, 0.29) is 5.82 Å². The highest BCUT2D eigenvalue weighted by Gasteiger charge is 2.07. The van der Waals surface area contributed by atoms with Gasteiger partial charge in [0, 0.05) is 39.6 Å². The first-order chi connectivity index (χ1) is 12.7. The summed E-state index contributed by atoms with van der Waals surface area (Å²) in [5, 5.41) is 7.62. The number of hydrogen-bond acceptors (Lipinski definition) is 2. The summed E-state index contributed by atoms with van der Waals surface area (Å²) >= 11 is 0. The second kappa shape index (κ2) is 8.29. The van der Waals surface area contributed by atoms with Gasteiger partial charge in [0.2, 0.25) is 0 Å². The fourth-order valence-electron chi connectivity index (χ4n) is 2.73. The summed E-state index contributed by atoms with van der Waals surface area (Å²) in [5.74, 6) is 0.551. The standard InChI is InChI=1S/C20H22FN5/c1-22-20(25(2)15-16-7-9-18(21)10-8-16)23-14-17-5-3-6-19(13-17)26-12-4-11-24-26/h3-13H,14-15H2,1-2H3,(H,22,23). The van der Waals surface area contributed by atoms with Crippen LogP contribution in [0.1, 0.15) is 11.1 Å². The molecule has 3 aromatic rings. The Morgan fingerprint density at radius 3 is 2.65 bits per heavy atom. The molecule has 0 atom stereocenters. The van der Waals surface area contributed by atoms with Crippen LogP contribution >= 0.6 is 0 Å². The molecule has 1 aromatic heterocycles. The van der Waals surface area contributed by atoms with Crippen LogP contribution in [0.3, 0.4) is 0 Å². The van der Waals surface area contributed by atoms with E-state index in [1.807, 2.05) is 41.0 Å². The van der Waals surface area contributed by atoms with E-state index in [9.17, 15) is 4.39 Å². The Balaban J connectivity index is 1.62. The van der Waals surface area contributed by atoms with Crippen molar-refractivity contribution in [2.45, 2.75) is 13.1 Å². The van der Waals surface area contributed by atoms with Crippen molar-refractivity contribution < 1.29 is 4.39 Å². The fraction of sp³-hybridized carbons (Fsp3) is 0.200. The van der Waals surface area contributed by atoms with Crippen molar-refractivity contribution >= 4 is 5.96 Å². The van der Waals surface area contributed by atoms with Crippen molar-refractivity contribution in [2.75, 3.05) is 14.1 Å². The largest absolute Gasteiger partial charge is 0.352 e. The third-order valence-electron chi connectivity index (χ3n) is 4.04. The number of benzene rings is 2. The lowest BCUT2D eigenvalue weighted by atomic mass is 10.2. The summed E-state index contributed by atoms with van der Waals surface area (Å²) in [6.07, 6.45) is 3.68. The first kappa shape index (κ1) is 17.7. The van der Waals surface area contributed by atoms with Crippen LogP contribution in [-0.4, -0.2) is 34.7 Å². The maximum atomic E-state index is 13.0. The summed E-state index contributed by atoms with van der Waals surface area (Å²) in [4.78, 5) is 6.33. The van der Waals surface area contributed by atoms with E-state index in [0.717, 1.165) is 22.8 Å². The Kier molecular flexibility index (Phi) is 5.63. The Bertz CT molecular complexity index is 856. The molecular formula is C20H22FN5. The van der Waals surface area contributed by atoms with Crippen molar-refractivity contribution in [3.8, 4) is 5.69 Å². The van der Waals surface area contributed by atoms with Crippen molar-refractivity contribution in [1.29, 1.82) is 0 Å². The lowest BCUT2D eigenvalue weighted by Crippen LogP contribution is -2.38. The molecule has 26 heavy (non-hydrogen) atoms. The molecule has 0 spiro atoms. The normalized spacial score (nSPS) is 11.4. The first-order valence-electron chi connectivity index (χ1n) is 8.41. The zero-order valence-corrected chi connectivity index (χ0v) is 14.9. The van der Waals surface area contributed by atoms with Crippen molar-refractivity contribution in [3.63, 3.8) is 0 Å². The maximum Gasteiger partial charge on any atom is 0.193 e. The van der Waals surface area contributed by atoms with Gasteiger partial charge in [0.15, 0.2) is 5.96 Å². The highest BCUT2D eigenvalue weighted by Crippen LogP contribution is 2.10. The van der Waals surface area contributed by atoms with Gasteiger partial charge in [-0.05, 0) is 41.5 Å². The lowest BCUT2D eigenvalue weighted by Gasteiger charge is -2.22. The van der Waals surface area contributed by atoms with Crippen molar-refractivity contribution in [1.82, 2.24) is 20.0 Å². The highest BCUT2D eigenvalue weighted by atomic mass is 19.1. The van der Waals surface area contributed by atoms with E-state index in [4.69, 9.17) is 0 Å². The molecule has 2 aromatic carbocycles. The van der Waals surface area contributed by atoms with Gasteiger partial charge < -0.3 is 10.2 Å². The quantitative estimate of drug-likeness (QED) is 0.567. The number of halogens is 1. The lowest BCUT2D eigenvalue weighted by molar-refractivity contribution is 0.476. The minimum Gasteiger partial charge on any atom is -0.352 e. The van der Waals surface area contributed by atoms with Gasteiger partial charge in [-0.15, -0.1) is 0 Å². The summed E-state index contributed by atoms with van der Waals surface area (Å²) in [5.41, 5.74) is 3.18. The number of guanidine groups is 1. The van der Waals surface area contributed by atoms with Crippen molar-refractivity contribution in [3.05, 3.63) is 83.9 Å².